The molecule has 0 atom stereocenters. The van der Waals surface area contributed by atoms with Gasteiger partial charge in [0.05, 0.1) is 14.2 Å². The summed E-state index contributed by atoms with van der Waals surface area (Å²) in [5, 5.41) is 13.5. The van der Waals surface area contributed by atoms with Gasteiger partial charge in [0.2, 0.25) is 5.82 Å². The van der Waals surface area contributed by atoms with Crippen molar-refractivity contribution in [3.8, 4) is 17.1 Å². The zero-order valence-electron chi connectivity index (χ0n) is 23.6. The van der Waals surface area contributed by atoms with Crippen LogP contribution in [0.2, 0.25) is 0 Å². The van der Waals surface area contributed by atoms with Gasteiger partial charge >= 0.3 is 0 Å². The number of methoxy groups -OCH3 is 1. The Morgan fingerprint density at radius 2 is 1.05 bits per heavy atom. The lowest BCUT2D eigenvalue weighted by Crippen LogP contribution is -2.02. The first-order valence-corrected chi connectivity index (χ1v) is 13.8. The first kappa shape index (κ1) is 26.7. The topological polar surface area (TPSA) is 52.8 Å². The summed E-state index contributed by atoms with van der Waals surface area (Å²) in [4.78, 5) is 1.50. The maximum atomic E-state index is 5.95. The van der Waals surface area contributed by atoms with Gasteiger partial charge in [-0.15, -0.1) is 10.2 Å². The number of tetrazole rings is 1. The van der Waals surface area contributed by atoms with Gasteiger partial charge in [-0.25, -0.2) is 0 Å². The molecule has 0 saturated heterocycles. The summed E-state index contributed by atoms with van der Waals surface area (Å²) in [6, 6.07) is 45.6. The van der Waals surface area contributed by atoms with Crippen LogP contribution in [-0.4, -0.2) is 27.3 Å². The third-order valence-electron chi connectivity index (χ3n) is 7.05. The van der Waals surface area contributed by atoms with Gasteiger partial charge in [-0.2, -0.15) is 4.80 Å². The van der Waals surface area contributed by atoms with E-state index in [0.29, 0.717) is 5.82 Å². The molecule has 6 aromatic rings. The summed E-state index contributed by atoms with van der Waals surface area (Å²) in [6.07, 6.45) is 4.41. The first-order chi connectivity index (χ1) is 20.7. The monoisotopic (exact) mass is 546 g/mol. The molecule has 0 aliphatic carbocycles. The SMILES string of the molecule is COc1cc(/C(=C/c2ccccc2)c2ccccc2)c(-c2nnn(C)n2)c(/C(=C/c2ccccc2)c2ccccc2)c1. The van der Waals surface area contributed by atoms with E-state index in [0.717, 1.165) is 55.8 Å². The van der Waals surface area contributed by atoms with E-state index < -0.39 is 0 Å². The molecule has 42 heavy (non-hydrogen) atoms. The van der Waals surface area contributed by atoms with Gasteiger partial charge in [-0.05, 0) is 74.0 Å². The van der Waals surface area contributed by atoms with Crippen LogP contribution in [0.5, 0.6) is 5.75 Å². The Bertz CT molecular complexity index is 1730. The van der Waals surface area contributed by atoms with Crippen LogP contribution >= 0.6 is 0 Å². The van der Waals surface area contributed by atoms with Crippen LogP contribution in [0.3, 0.4) is 0 Å². The smallest absolute Gasteiger partial charge is 0.206 e. The van der Waals surface area contributed by atoms with Gasteiger partial charge in [0.15, 0.2) is 0 Å². The molecule has 0 aliphatic rings. The maximum absolute atomic E-state index is 5.95. The number of benzene rings is 5. The molecule has 0 aliphatic heterocycles. The normalized spacial score (nSPS) is 11.9. The summed E-state index contributed by atoms with van der Waals surface area (Å²) in [5.41, 5.74) is 9.13. The van der Waals surface area contributed by atoms with E-state index >= 15 is 0 Å². The number of aryl methyl sites for hydroxylation is 1. The van der Waals surface area contributed by atoms with Crippen molar-refractivity contribution in [1.29, 1.82) is 0 Å². The molecule has 0 bridgehead atoms. The molecule has 5 aromatic carbocycles. The first-order valence-electron chi connectivity index (χ1n) is 13.8. The Balaban J connectivity index is 1.72. The second-order valence-corrected chi connectivity index (χ2v) is 9.87. The lowest BCUT2D eigenvalue weighted by Gasteiger charge is -2.20. The maximum Gasteiger partial charge on any atom is 0.206 e. The molecule has 0 radical (unpaired) electrons. The molecule has 0 unspecified atom stereocenters. The van der Waals surface area contributed by atoms with Crippen LogP contribution in [0.25, 0.3) is 34.7 Å². The highest BCUT2D eigenvalue weighted by atomic mass is 16.5. The predicted octanol–water partition coefficient (Wildman–Crippen LogP) is 8.06. The molecule has 1 aromatic heterocycles. The Labute approximate surface area is 246 Å². The molecule has 6 rings (SSSR count). The van der Waals surface area contributed by atoms with E-state index in [9.17, 15) is 0 Å². The number of aromatic nitrogens is 4. The molecule has 5 heteroatoms. The van der Waals surface area contributed by atoms with E-state index in [2.05, 4.69) is 107 Å². The Kier molecular flexibility index (Phi) is 7.82. The van der Waals surface area contributed by atoms with Crippen LogP contribution in [0.15, 0.2) is 133 Å². The Hall–Kier alpha value is -5.55. The van der Waals surface area contributed by atoms with Gasteiger partial charge < -0.3 is 4.74 Å². The summed E-state index contributed by atoms with van der Waals surface area (Å²) < 4.78 is 5.95. The summed E-state index contributed by atoms with van der Waals surface area (Å²) in [6.45, 7) is 0. The van der Waals surface area contributed by atoms with Crippen molar-refractivity contribution in [2.45, 2.75) is 0 Å². The fraction of sp³-hybridized carbons (Fsp3) is 0.0541. The fourth-order valence-electron chi connectivity index (χ4n) is 5.08. The number of nitrogens with zero attached hydrogens (tertiary/aromatic N) is 4. The van der Waals surface area contributed by atoms with E-state index in [1.165, 1.54) is 4.80 Å². The van der Waals surface area contributed by atoms with Crippen LogP contribution in [-0.2, 0) is 7.05 Å². The average molecular weight is 547 g/mol. The highest BCUT2D eigenvalue weighted by Gasteiger charge is 2.24. The van der Waals surface area contributed by atoms with Crippen molar-refractivity contribution in [2.75, 3.05) is 7.11 Å². The second kappa shape index (κ2) is 12.3. The molecule has 0 saturated carbocycles. The molecule has 0 fully saturated rings. The molecule has 5 nitrogen and oxygen atoms in total. The molecule has 204 valence electrons. The van der Waals surface area contributed by atoms with Crippen LogP contribution in [0.4, 0.5) is 0 Å². The summed E-state index contributed by atoms with van der Waals surface area (Å²) >= 11 is 0. The quantitative estimate of drug-likeness (QED) is 0.181. The minimum absolute atomic E-state index is 0.537. The molecule has 1 heterocycles. The lowest BCUT2D eigenvalue weighted by molar-refractivity contribution is 0.414. The third kappa shape index (κ3) is 5.81. The van der Waals surface area contributed by atoms with Crippen molar-refractivity contribution in [3.63, 3.8) is 0 Å². The van der Waals surface area contributed by atoms with Crippen LogP contribution in [0.1, 0.15) is 33.4 Å². The van der Waals surface area contributed by atoms with E-state index in [1.807, 2.05) is 48.5 Å². The summed E-state index contributed by atoms with van der Waals surface area (Å²) in [7, 11) is 3.49. The van der Waals surface area contributed by atoms with Crippen molar-refractivity contribution in [2.24, 2.45) is 7.05 Å². The second-order valence-electron chi connectivity index (χ2n) is 9.87. The van der Waals surface area contributed by atoms with Gasteiger partial charge in [0.25, 0.3) is 0 Å². The van der Waals surface area contributed by atoms with Gasteiger partial charge in [-0.3, -0.25) is 0 Å². The minimum atomic E-state index is 0.537. The lowest BCUT2D eigenvalue weighted by atomic mass is 9.84. The molecular formula is C37H30N4O. The molecular weight excluding hydrogens is 516 g/mol. The highest BCUT2D eigenvalue weighted by Crippen LogP contribution is 2.42. The van der Waals surface area contributed by atoms with Gasteiger partial charge in [-0.1, -0.05) is 121 Å². The molecule has 0 amide bonds. The minimum Gasteiger partial charge on any atom is -0.497 e. The van der Waals surface area contributed by atoms with Crippen molar-refractivity contribution < 1.29 is 4.74 Å². The number of hydrogen-bond donors (Lipinski definition) is 0. The molecule has 0 spiro atoms. The Morgan fingerprint density at radius 3 is 1.43 bits per heavy atom. The van der Waals surface area contributed by atoms with E-state index in [-0.39, 0.29) is 0 Å². The predicted molar refractivity (Wildman–Crippen MR) is 170 cm³/mol. The van der Waals surface area contributed by atoms with Gasteiger partial charge in [0.1, 0.15) is 5.75 Å². The summed E-state index contributed by atoms with van der Waals surface area (Å²) in [5.74, 6) is 1.27. The highest BCUT2D eigenvalue weighted by molar-refractivity contribution is 6.03. The average Bonchev–Trinajstić information content (AvgIpc) is 3.49. The number of rotatable bonds is 8. The largest absolute Gasteiger partial charge is 0.497 e. The van der Waals surface area contributed by atoms with Gasteiger partial charge in [0, 0.05) is 5.56 Å². The zero-order valence-corrected chi connectivity index (χ0v) is 23.6. The van der Waals surface area contributed by atoms with Crippen molar-refractivity contribution >= 4 is 23.3 Å². The van der Waals surface area contributed by atoms with Crippen LogP contribution in [0, 0.1) is 0 Å². The van der Waals surface area contributed by atoms with E-state index in [1.54, 1.807) is 14.2 Å². The third-order valence-corrected chi connectivity index (χ3v) is 7.05. The zero-order chi connectivity index (χ0) is 28.7. The standard InChI is InChI=1S/C37H30N4O/c1-41-39-37(38-40-41)36-34(32(29-19-11-5-12-20-29)23-27-15-7-3-8-16-27)25-31(42-2)26-35(36)33(30-21-13-6-14-22-30)24-28-17-9-4-10-18-28/h3-26H,1-2H3/b32-23+,33-24+. The van der Waals surface area contributed by atoms with E-state index in [4.69, 9.17) is 9.84 Å². The fourth-order valence-corrected chi connectivity index (χ4v) is 5.08. The van der Waals surface area contributed by atoms with Crippen molar-refractivity contribution in [1.82, 2.24) is 20.2 Å². The van der Waals surface area contributed by atoms with Crippen molar-refractivity contribution in [3.05, 3.63) is 167 Å². The van der Waals surface area contributed by atoms with Crippen LogP contribution < -0.4 is 4.74 Å². The number of hydrogen-bond acceptors (Lipinski definition) is 4. The Morgan fingerprint density at radius 1 is 0.619 bits per heavy atom. The number of ether oxygens (including phenoxy) is 1. The molecule has 0 N–H and O–H groups in total.